The second-order valence-electron chi connectivity index (χ2n) is 8.12. The van der Waals surface area contributed by atoms with E-state index in [1.54, 1.807) is 0 Å². The second-order valence-corrected chi connectivity index (χ2v) is 9.03. The molecule has 0 spiro atoms. The fraction of sp³-hybridized carbons (Fsp3) is 0.240. The van der Waals surface area contributed by atoms with Crippen LogP contribution in [-0.4, -0.2) is 9.55 Å². The molecule has 5 rings (SSSR count). The van der Waals surface area contributed by atoms with Gasteiger partial charge in [-0.3, -0.25) is 0 Å². The summed E-state index contributed by atoms with van der Waals surface area (Å²) in [6.07, 6.45) is 0.982. The average Bonchev–Trinajstić information content (AvgIpc) is 3.12. The van der Waals surface area contributed by atoms with Crippen LogP contribution in [0.25, 0.3) is 11.0 Å². The number of imidazole rings is 1. The quantitative estimate of drug-likeness (QED) is 0.365. The van der Waals surface area contributed by atoms with Gasteiger partial charge in [-0.05, 0) is 53.3 Å². The summed E-state index contributed by atoms with van der Waals surface area (Å²) in [4.78, 5) is 4.91. The largest absolute Gasteiger partial charge is 0.349 e. The van der Waals surface area contributed by atoms with Gasteiger partial charge in [0.05, 0.1) is 23.1 Å². The van der Waals surface area contributed by atoms with Gasteiger partial charge in [0.1, 0.15) is 0 Å². The summed E-state index contributed by atoms with van der Waals surface area (Å²) >= 11 is 3.55. The number of anilines is 1. The lowest BCUT2D eigenvalue weighted by Gasteiger charge is -2.33. The van der Waals surface area contributed by atoms with E-state index in [1.165, 1.54) is 22.2 Å². The highest BCUT2D eigenvalue weighted by molar-refractivity contribution is 9.10. The first-order valence-corrected chi connectivity index (χ1v) is 11.0. The van der Waals surface area contributed by atoms with Gasteiger partial charge >= 0.3 is 0 Å². The van der Waals surface area contributed by atoms with Crippen molar-refractivity contribution in [1.29, 1.82) is 0 Å². The molecular weight excluding hydrogens is 422 g/mol. The lowest BCUT2D eigenvalue weighted by molar-refractivity contribution is 0.477. The highest BCUT2D eigenvalue weighted by Gasteiger charge is 2.30. The van der Waals surface area contributed by atoms with E-state index < -0.39 is 0 Å². The number of hydrogen-bond acceptors (Lipinski definition) is 2. The molecule has 0 amide bonds. The first-order chi connectivity index (χ1) is 14.1. The number of hydrogen-bond donors (Lipinski definition) is 1. The van der Waals surface area contributed by atoms with Gasteiger partial charge < -0.3 is 9.88 Å². The zero-order valence-electron chi connectivity index (χ0n) is 16.6. The number of aromatic nitrogens is 2. The predicted octanol–water partition coefficient (Wildman–Crippen LogP) is 7.07. The third-order valence-corrected chi connectivity index (χ3v) is 6.46. The first kappa shape index (κ1) is 18.4. The third kappa shape index (κ3) is 3.36. The number of benzene rings is 3. The van der Waals surface area contributed by atoms with Crippen molar-refractivity contribution >= 4 is 32.9 Å². The summed E-state index contributed by atoms with van der Waals surface area (Å²) in [6.45, 7) is 4.48. The summed E-state index contributed by atoms with van der Waals surface area (Å²) in [5, 5.41) is 3.69. The molecule has 0 unspecified atom stereocenters. The molecular formula is C25H24BrN3. The van der Waals surface area contributed by atoms with Crippen molar-refractivity contribution in [2.75, 3.05) is 5.32 Å². The van der Waals surface area contributed by atoms with Crippen molar-refractivity contribution in [2.24, 2.45) is 0 Å². The first-order valence-electron chi connectivity index (χ1n) is 10.2. The van der Waals surface area contributed by atoms with Crippen LogP contribution in [0.2, 0.25) is 0 Å². The number of fused-ring (bicyclic) bond motifs is 3. The topological polar surface area (TPSA) is 29.9 Å². The zero-order valence-corrected chi connectivity index (χ0v) is 18.2. The van der Waals surface area contributed by atoms with Crippen LogP contribution in [0.3, 0.4) is 0 Å². The molecule has 0 aliphatic carbocycles. The Labute approximate surface area is 179 Å². The van der Waals surface area contributed by atoms with Crippen molar-refractivity contribution in [3.05, 3.63) is 94.0 Å². The molecule has 1 aromatic heterocycles. The fourth-order valence-electron chi connectivity index (χ4n) is 4.31. The summed E-state index contributed by atoms with van der Waals surface area (Å²) in [5.41, 5.74) is 6.22. The number of nitrogens with zero attached hydrogens (tertiary/aromatic N) is 2. The molecule has 1 aliphatic heterocycles. The molecule has 3 nitrogen and oxygen atoms in total. The van der Waals surface area contributed by atoms with Crippen molar-refractivity contribution < 1.29 is 0 Å². The van der Waals surface area contributed by atoms with Crippen LogP contribution in [0.5, 0.6) is 0 Å². The van der Waals surface area contributed by atoms with Crippen LogP contribution in [0, 0.1) is 0 Å². The van der Waals surface area contributed by atoms with Gasteiger partial charge in [0, 0.05) is 4.47 Å². The van der Waals surface area contributed by atoms with E-state index in [2.05, 4.69) is 112 Å². The van der Waals surface area contributed by atoms with E-state index in [1.807, 2.05) is 0 Å². The molecule has 0 fully saturated rings. The molecule has 146 valence electrons. The molecule has 1 aliphatic rings. The van der Waals surface area contributed by atoms with E-state index in [-0.39, 0.29) is 12.1 Å². The van der Waals surface area contributed by atoms with Crippen LogP contribution in [0.15, 0.2) is 77.3 Å². The van der Waals surface area contributed by atoms with Crippen LogP contribution in [0.1, 0.15) is 55.0 Å². The summed E-state index contributed by atoms with van der Waals surface area (Å²) in [5.74, 6) is 1.49. The third-order valence-electron chi connectivity index (χ3n) is 5.93. The lowest BCUT2D eigenvalue weighted by atomic mass is 9.91. The maximum Gasteiger partial charge on any atom is 0.204 e. The second kappa shape index (κ2) is 7.34. The van der Waals surface area contributed by atoms with E-state index in [0.717, 1.165) is 22.4 Å². The number of para-hydroxylation sites is 2. The maximum absolute atomic E-state index is 4.91. The average molecular weight is 446 g/mol. The zero-order chi connectivity index (χ0) is 20.0. The molecule has 0 radical (unpaired) electrons. The van der Waals surface area contributed by atoms with Gasteiger partial charge in [-0.15, -0.1) is 0 Å². The minimum Gasteiger partial charge on any atom is -0.349 e. The lowest BCUT2D eigenvalue weighted by Crippen LogP contribution is -2.27. The molecule has 0 saturated carbocycles. The predicted molar refractivity (Wildman–Crippen MR) is 124 cm³/mol. The summed E-state index contributed by atoms with van der Waals surface area (Å²) in [7, 11) is 0. The summed E-state index contributed by atoms with van der Waals surface area (Å²) < 4.78 is 3.47. The van der Waals surface area contributed by atoms with E-state index in [0.29, 0.717) is 5.92 Å². The Balaban J connectivity index is 1.62. The van der Waals surface area contributed by atoms with Gasteiger partial charge in [-0.1, -0.05) is 78.3 Å². The Morgan fingerprint density at radius 2 is 1.62 bits per heavy atom. The highest BCUT2D eigenvalue weighted by Crippen LogP contribution is 2.41. The SMILES string of the molecule is CC(C)c1ccc([C@H]2C[C@H](c3ccc(Br)cc3)Nc3nc4ccccc4n32)cc1. The fourth-order valence-corrected chi connectivity index (χ4v) is 4.57. The minimum absolute atomic E-state index is 0.224. The molecule has 1 N–H and O–H groups in total. The Kier molecular flexibility index (Phi) is 4.67. The molecule has 0 saturated heterocycles. The minimum atomic E-state index is 0.224. The molecule has 2 atom stereocenters. The van der Waals surface area contributed by atoms with Crippen LogP contribution in [0.4, 0.5) is 5.95 Å². The van der Waals surface area contributed by atoms with Gasteiger partial charge in [0.2, 0.25) is 5.95 Å². The number of halogens is 1. The van der Waals surface area contributed by atoms with E-state index >= 15 is 0 Å². The summed E-state index contributed by atoms with van der Waals surface area (Å²) in [6, 6.07) is 26.6. The van der Waals surface area contributed by atoms with Gasteiger partial charge in [-0.2, -0.15) is 0 Å². The van der Waals surface area contributed by atoms with Crippen molar-refractivity contribution in [3.8, 4) is 0 Å². The monoisotopic (exact) mass is 445 g/mol. The van der Waals surface area contributed by atoms with Crippen molar-refractivity contribution in [2.45, 2.75) is 38.3 Å². The van der Waals surface area contributed by atoms with Crippen molar-refractivity contribution in [3.63, 3.8) is 0 Å². The number of rotatable bonds is 3. The Morgan fingerprint density at radius 1 is 0.931 bits per heavy atom. The molecule has 29 heavy (non-hydrogen) atoms. The van der Waals surface area contributed by atoms with Gasteiger partial charge in [0.15, 0.2) is 0 Å². The highest BCUT2D eigenvalue weighted by atomic mass is 79.9. The Morgan fingerprint density at radius 3 is 2.34 bits per heavy atom. The molecule has 0 bridgehead atoms. The Hall–Kier alpha value is -2.59. The van der Waals surface area contributed by atoms with Crippen LogP contribution < -0.4 is 5.32 Å². The Bertz CT molecular complexity index is 1140. The van der Waals surface area contributed by atoms with Gasteiger partial charge in [0.25, 0.3) is 0 Å². The maximum atomic E-state index is 4.91. The van der Waals surface area contributed by atoms with E-state index in [4.69, 9.17) is 4.98 Å². The van der Waals surface area contributed by atoms with E-state index in [9.17, 15) is 0 Å². The smallest absolute Gasteiger partial charge is 0.204 e. The van der Waals surface area contributed by atoms with Crippen molar-refractivity contribution in [1.82, 2.24) is 9.55 Å². The molecule has 2 heterocycles. The molecule has 3 aromatic carbocycles. The normalized spacial score (nSPS) is 18.6. The molecule has 4 heteroatoms. The van der Waals surface area contributed by atoms with Crippen LogP contribution in [-0.2, 0) is 0 Å². The van der Waals surface area contributed by atoms with Crippen LogP contribution >= 0.6 is 15.9 Å². The number of nitrogens with one attached hydrogen (secondary N) is 1. The van der Waals surface area contributed by atoms with Gasteiger partial charge in [-0.25, -0.2) is 4.98 Å². The standard InChI is InChI=1S/C25H24BrN3/c1-16(2)17-7-9-19(10-8-17)24-15-22(18-11-13-20(26)14-12-18)28-25-27-21-5-3-4-6-23(21)29(24)25/h3-14,16,22,24H,15H2,1-2H3,(H,27,28)/t22-,24-/m1/s1. The molecule has 4 aromatic rings.